The summed E-state index contributed by atoms with van der Waals surface area (Å²) in [6.07, 6.45) is 1.29. The van der Waals surface area contributed by atoms with Crippen LogP contribution >= 0.6 is 11.6 Å². The zero-order chi connectivity index (χ0) is 18.6. The summed E-state index contributed by atoms with van der Waals surface area (Å²) >= 11 is 6.29. The third-order valence-electron chi connectivity index (χ3n) is 3.76. The molecule has 7 nitrogen and oxygen atoms in total. The van der Waals surface area contributed by atoms with Crippen molar-refractivity contribution in [2.24, 2.45) is 0 Å². The van der Waals surface area contributed by atoms with E-state index in [1.165, 1.54) is 11.1 Å². The Morgan fingerprint density at radius 2 is 2.32 bits per heavy atom. The molecule has 0 N–H and O–H groups in total. The number of pyridine rings is 1. The van der Waals surface area contributed by atoms with E-state index < -0.39 is 5.60 Å². The van der Waals surface area contributed by atoms with Gasteiger partial charge >= 0.3 is 0 Å². The molecule has 1 aromatic rings. The van der Waals surface area contributed by atoms with Crippen LogP contribution in [-0.2, 0) is 14.3 Å². The lowest BCUT2D eigenvalue weighted by molar-refractivity contribution is -0.139. The van der Waals surface area contributed by atoms with Crippen LogP contribution in [0.4, 0.5) is 5.82 Å². The van der Waals surface area contributed by atoms with Crippen molar-refractivity contribution in [3.05, 3.63) is 22.8 Å². The molecule has 1 aliphatic rings. The maximum absolute atomic E-state index is 11.6. The topological polar surface area (TPSA) is 78.7 Å². The first-order valence-electron chi connectivity index (χ1n) is 7.98. The van der Waals surface area contributed by atoms with Gasteiger partial charge in [0.05, 0.1) is 28.9 Å². The van der Waals surface area contributed by atoms with Crippen molar-refractivity contribution >= 4 is 23.3 Å². The number of morpholine rings is 1. The molecule has 8 heteroatoms. The fourth-order valence-electron chi connectivity index (χ4n) is 2.68. The number of amides is 1. The maximum atomic E-state index is 11.6. The molecule has 0 spiro atoms. The smallest absolute Gasteiger partial charge is 0.248 e. The largest absolute Gasteiger partial charge is 0.369 e. The second-order valence-electron chi connectivity index (χ2n) is 6.82. The van der Waals surface area contributed by atoms with Gasteiger partial charge in [-0.25, -0.2) is 4.98 Å². The van der Waals surface area contributed by atoms with Gasteiger partial charge in [-0.15, -0.1) is 0 Å². The minimum atomic E-state index is -0.420. The van der Waals surface area contributed by atoms with Gasteiger partial charge in [-0.2, -0.15) is 5.26 Å². The molecule has 1 aromatic heterocycles. The Bertz CT molecular complexity index is 672. The van der Waals surface area contributed by atoms with Crippen molar-refractivity contribution in [1.82, 2.24) is 9.88 Å². The maximum Gasteiger partial charge on any atom is 0.248 e. The summed E-state index contributed by atoms with van der Waals surface area (Å²) in [7, 11) is 3.37. The lowest BCUT2D eigenvalue weighted by Gasteiger charge is -2.43. The molecular weight excluding hydrogens is 344 g/mol. The number of anilines is 1. The van der Waals surface area contributed by atoms with Crippen LogP contribution in [0.15, 0.2) is 12.3 Å². The number of carbonyl (C=O) groups is 1. The molecule has 1 aliphatic heterocycles. The Balaban J connectivity index is 2.05. The number of rotatable bonds is 5. The molecule has 0 aliphatic carbocycles. The van der Waals surface area contributed by atoms with Crippen molar-refractivity contribution in [1.29, 1.82) is 5.26 Å². The minimum absolute atomic E-state index is 0.0170. The van der Waals surface area contributed by atoms with E-state index in [9.17, 15) is 4.79 Å². The van der Waals surface area contributed by atoms with Gasteiger partial charge in [0.1, 0.15) is 18.5 Å². The van der Waals surface area contributed by atoms with Gasteiger partial charge < -0.3 is 19.3 Å². The molecule has 0 saturated carbocycles. The van der Waals surface area contributed by atoms with Crippen molar-refractivity contribution < 1.29 is 14.3 Å². The molecule has 25 heavy (non-hydrogen) atoms. The molecule has 2 rings (SSSR count). The number of likely N-dealkylation sites (N-methyl/N-ethyl adjacent to an activating group) is 1. The molecule has 1 amide bonds. The number of nitriles is 1. The quantitative estimate of drug-likeness (QED) is 0.789. The molecule has 1 saturated heterocycles. The van der Waals surface area contributed by atoms with Crippen LogP contribution in [0.5, 0.6) is 0 Å². The fraction of sp³-hybridized carbons (Fsp3) is 0.588. The molecule has 1 unspecified atom stereocenters. The van der Waals surface area contributed by atoms with Crippen LogP contribution < -0.4 is 4.90 Å². The normalized spacial score (nSPS) is 19.4. The molecule has 136 valence electrons. The molecule has 0 bridgehead atoms. The molecule has 2 heterocycles. The Kier molecular flexibility index (Phi) is 6.22. The van der Waals surface area contributed by atoms with Gasteiger partial charge in [0, 0.05) is 33.4 Å². The van der Waals surface area contributed by atoms with Crippen LogP contribution in [0, 0.1) is 11.3 Å². The second-order valence-corrected chi connectivity index (χ2v) is 7.23. The van der Waals surface area contributed by atoms with Crippen molar-refractivity contribution in [2.45, 2.75) is 25.6 Å². The Labute approximate surface area is 153 Å². The highest BCUT2D eigenvalue weighted by atomic mass is 35.5. The van der Waals surface area contributed by atoms with E-state index in [-0.39, 0.29) is 18.6 Å². The summed E-state index contributed by atoms with van der Waals surface area (Å²) in [6, 6.07) is 3.63. The van der Waals surface area contributed by atoms with Crippen LogP contribution in [0.3, 0.4) is 0 Å². The Morgan fingerprint density at radius 1 is 1.60 bits per heavy atom. The monoisotopic (exact) mass is 366 g/mol. The summed E-state index contributed by atoms with van der Waals surface area (Å²) in [4.78, 5) is 19.4. The van der Waals surface area contributed by atoms with Crippen molar-refractivity contribution in [3.8, 4) is 6.07 Å². The SMILES string of the molecule is CN(C)C(=O)COCC1CN(c2ncc(C#N)cc2Cl)CC(C)(C)O1. The van der Waals surface area contributed by atoms with Crippen molar-refractivity contribution in [3.63, 3.8) is 0 Å². The first kappa shape index (κ1) is 19.4. The molecule has 0 radical (unpaired) electrons. The average Bonchev–Trinajstić information content (AvgIpc) is 2.52. The number of carbonyl (C=O) groups excluding carboxylic acids is 1. The first-order valence-corrected chi connectivity index (χ1v) is 8.36. The van der Waals surface area contributed by atoms with E-state index in [4.69, 9.17) is 26.3 Å². The first-order chi connectivity index (χ1) is 11.7. The summed E-state index contributed by atoms with van der Waals surface area (Å²) in [5, 5.41) is 9.37. The summed E-state index contributed by atoms with van der Waals surface area (Å²) in [5.41, 5.74) is -0.000129. The lowest BCUT2D eigenvalue weighted by atomic mass is 10.1. The molecular formula is C17H23ClN4O3. The predicted molar refractivity (Wildman–Crippen MR) is 94.6 cm³/mol. The summed E-state index contributed by atoms with van der Waals surface area (Å²) in [5.74, 6) is 0.523. The number of hydrogen-bond donors (Lipinski definition) is 0. The number of aromatic nitrogens is 1. The standard InChI is InChI=1S/C17H23ClN4O3/c1-17(2)11-22(16-14(18)5-12(6-19)7-20-16)8-13(25-17)9-24-10-15(23)21(3)4/h5,7,13H,8-11H2,1-4H3. The number of halogens is 1. The van der Waals surface area contributed by atoms with Crippen LogP contribution in [0.2, 0.25) is 5.02 Å². The van der Waals surface area contributed by atoms with Crippen molar-refractivity contribution in [2.75, 3.05) is 45.3 Å². The van der Waals surface area contributed by atoms with E-state index in [0.717, 1.165) is 0 Å². The third kappa shape index (κ3) is 5.30. The molecule has 1 atom stereocenters. The van der Waals surface area contributed by atoms with E-state index in [1.54, 1.807) is 20.2 Å². The van der Waals surface area contributed by atoms with E-state index in [0.29, 0.717) is 36.1 Å². The number of hydrogen-bond acceptors (Lipinski definition) is 6. The minimum Gasteiger partial charge on any atom is -0.369 e. The van der Waals surface area contributed by atoms with E-state index in [1.807, 2.05) is 24.8 Å². The zero-order valence-corrected chi connectivity index (χ0v) is 15.7. The highest BCUT2D eigenvalue weighted by Gasteiger charge is 2.35. The highest BCUT2D eigenvalue weighted by Crippen LogP contribution is 2.30. The lowest BCUT2D eigenvalue weighted by Crippen LogP contribution is -2.54. The van der Waals surface area contributed by atoms with Gasteiger partial charge in [0.25, 0.3) is 0 Å². The van der Waals surface area contributed by atoms with Crippen LogP contribution in [0.1, 0.15) is 19.4 Å². The summed E-state index contributed by atoms with van der Waals surface area (Å²) in [6.45, 7) is 5.43. The number of ether oxygens (including phenoxy) is 2. The Hall–Kier alpha value is -1.88. The van der Waals surface area contributed by atoms with Crippen LogP contribution in [-0.4, -0.2) is 67.9 Å². The van der Waals surface area contributed by atoms with E-state index >= 15 is 0 Å². The van der Waals surface area contributed by atoms with Gasteiger partial charge in [-0.3, -0.25) is 4.79 Å². The van der Waals surface area contributed by atoms with Gasteiger partial charge in [-0.05, 0) is 19.9 Å². The van der Waals surface area contributed by atoms with E-state index in [2.05, 4.69) is 4.98 Å². The highest BCUT2D eigenvalue weighted by molar-refractivity contribution is 6.33. The second kappa shape index (κ2) is 8.00. The van der Waals surface area contributed by atoms with Gasteiger partial charge in [0.15, 0.2) is 0 Å². The zero-order valence-electron chi connectivity index (χ0n) is 15.0. The fourth-order valence-corrected chi connectivity index (χ4v) is 2.96. The predicted octanol–water partition coefficient (Wildman–Crippen LogP) is 1.70. The average molecular weight is 367 g/mol. The summed E-state index contributed by atoms with van der Waals surface area (Å²) < 4.78 is 11.5. The Morgan fingerprint density at radius 3 is 2.92 bits per heavy atom. The molecule has 0 aromatic carbocycles. The van der Waals surface area contributed by atoms with Gasteiger partial charge in [0.2, 0.25) is 5.91 Å². The van der Waals surface area contributed by atoms with Crippen LogP contribution in [0.25, 0.3) is 0 Å². The molecule has 1 fully saturated rings. The van der Waals surface area contributed by atoms with Gasteiger partial charge in [-0.1, -0.05) is 11.6 Å². The third-order valence-corrected chi connectivity index (χ3v) is 4.04. The number of nitrogens with zero attached hydrogens (tertiary/aromatic N) is 4.